The molecule has 1 aliphatic heterocycles. The minimum Gasteiger partial charge on any atom is -0.477 e. The van der Waals surface area contributed by atoms with Gasteiger partial charge in [0.15, 0.2) is 0 Å². The van der Waals surface area contributed by atoms with Crippen LogP contribution in [0.15, 0.2) is 47.0 Å². The lowest BCUT2D eigenvalue weighted by Crippen LogP contribution is -2.37. The second kappa shape index (κ2) is 10.9. The van der Waals surface area contributed by atoms with E-state index < -0.39 is 5.97 Å². The van der Waals surface area contributed by atoms with Crippen molar-refractivity contribution < 1.29 is 19.2 Å². The SMILES string of the molecule is Cc1cc(-c2cc(C(=O)O)n(C)n2)ccc1N1CCC(OCc2c(-c3c(Cl)cccc3Cl)noc2C2CC2)CC1. The van der Waals surface area contributed by atoms with E-state index in [2.05, 4.69) is 34.2 Å². The smallest absolute Gasteiger partial charge is 0.354 e. The molecule has 3 heterocycles. The van der Waals surface area contributed by atoms with Crippen LogP contribution in [-0.2, 0) is 18.4 Å². The van der Waals surface area contributed by atoms with Crippen molar-refractivity contribution >= 4 is 34.9 Å². The summed E-state index contributed by atoms with van der Waals surface area (Å²) in [5, 5.41) is 19.2. The number of hydrogen-bond acceptors (Lipinski definition) is 6. The number of aromatic carboxylic acids is 1. The quantitative estimate of drug-likeness (QED) is 0.237. The first-order valence-corrected chi connectivity index (χ1v) is 14.2. The average Bonchev–Trinajstić information content (AvgIpc) is 3.57. The van der Waals surface area contributed by atoms with Crippen molar-refractivity contribution in [2.45, 2.75) is 51.2 Å². The number of carbonyl (C=O) groups is 1. The van der Waals surface area contributed by atoms with Crippen molar-refractivity contribution in [3.8, 4) is 22.5 Å². The predicted molar refractivity (Wildman–Crippen MR) is 154 cm³/mol. The first-order valence-electron chi connectivity index (χ1n) is 13.5. The molecular weight excluding hydrogens is 551 g/mol. The first-order chi connectivity index (χ1) is 19.3. The van der Waals surface area contributed by atoms with Crippen LogP contribution in [0.4, 0.5) is 5.69 Å². The standard InChI is InChI=1S/C30H30Cl2N4O4/c1-17-14-19(24-15-26(30(37)38)35(2)33-24)8-9-25(17)36-12-10-20(11-13-36)39-16-21-28(34-40-29(21)18-6-7-18)27-22(31)4-3-5-23(27)32/h3-5,8-9,14-15,18,20H,6-7,10-13,16H2,1-2H3,(H,37,38). The van der Waals surface area contributed by atoms with Gasteiger partial charge in [-0.25, -0.2) is 4.79 Å². The summed E-state index contributed by atoms with van der Waals surface area (Å²) in [6.07, 6.45) is 4.10. The van der Waals surface area contributed by atoms with Gasteiger partial charge in [0.2, 0.25) is 0 Å². The molecule has 2 aliphatic rings. The van der Waals surface area contributed by atoms with Gasteiger partial charge in [-0.1, -0.05) is 40.5 Å². The lowest BCUT2D eigenvalue weighted by Gasteiger charge is -2.34. The van der Waals surface area contributed by atoms with E-state index in [4.69, 9.17) is 32.5 Å². The number of rotatable bonds is 8. The molecule has 10 heteroatoms. The van der Waals surface area contributed by atoms with E-state index in [0.717, 1.165) is 61.2 Å². The number of aryl methyl sites for hydroxylation is 2. The molecule has 40 heavy (non-hydrogen) atoms. The van der Waals surface area contributed by atoms with Gasteiger partial charge in [-0.3, -0.25) is 4.68 Å². The number of hydrogen-bond donors (Lipinski definition) is 1. The molecule has 1 aliphatic carbocycles. The van der Waals surface area contributed by atoms with Crippen LogP contribution < -0.4 is 4.90 Å². The van der Waals surface area contributed by atoms with Crippen LogP contribution in [0.1, 0.15) is 59.0 Å². The highest BCUT2D eigenvalue weighted by Crippen LogP contribution is 2.46. The number of ether oxygens (including phenoxy) is 1. The van der Waals surface area contributed by atoms with Crippen LogP contribution in [0.5, 0.6) is 0 Å². The van der Waals surface area contributed by atoms with Gasteiger partial charge in [0.05, 0.1) is 28.5 Å². The summed E-state index contributed by atoms with van der Waals surface area (Å²) in [5.74, 6) is 0.287. The molecule has 0 radical (unpaired) electrons. The second-order valence-electron chi connectivity index (χ2n) is 10.6. The molecule has 2 fully saturated rings. The fourth-order valence-corrected chi connectivity index (χ4v) is 6.07. The topological polar surface area (TPSA) is 93.6 Å². The molecule has 1 saturated carbocycles. The van der Waals surface area contributed by atoms with Crippen molar-refractivity contribution in [3.05, 3.63) is 75.1 Å². The molecule has 0 bridgehead atoms. The van der Waals surface area contributed by atoms with E-state index in [9.17, 15) is 9.90 Å². The van der Waals surface area contributed by atoms with E-state index in [0.29, 0.717) is 39.5 Å². The van der Waals surface area contributed by atoms with E-state index in [-0.39, 0.29) is 11.8 Å². The van der Waals surface area contributed by atoms with Crippen LogP contribution in [0, 0.1) is 6.92 Å². The third-order valence-electron chi connectivity index (χ3n) is 7.80. The molecule has 1 saturated heterocycles. The second-order valence-corrected chi connectivity index (χ2v) is 11.4. The molecule has 4 aromatic rings. The van der Waals surface area contributed by atoms with Gasteiger partial charge in [0.25, 0.3) is 0 Å². The molecule has 2 aromatic carbocycles. The molecule has 8 nitrogen and oxygen atoms in total. The Morgan fingerprint density at radius 3 is 2.45 bits per heavy atom. The normalized spacial score (nSPS) is 16.1. The molecule has 1 N–H and O–H groups in total. The Morgan fingerprint density at radius 2 is 1.82 bits per heavy atom. The third kappa shape index (κ3) is 5.23. The molecule has 208 valence electrons. The highest BCUT2D eigenvalue weighted by Gasteiger charge is 2.34. The minimum absolute atomic E-state index is 0.121. The highest BCUT2D eigenvalue weighted by atomic mass is 35.5. The van der Waals surface area contributed by atoms with Gasteiger partial charge in [0.1, 0.15) is 17.1 Å². The van der Waals surface area contributed by atoms with Crippen molar-refractivity contribution in [1.29, 1.82) is 0 Å². The largest absolute Gasteiger partial charge is 0.477 e. The number of aromatic nitrogens is 3. The Kier molecular flexibility index (Phi) is 7.33. The molecule has 6 rings (SSSR count). The van der Waals surface area contributed by atoms with Crippen LogP contribution in [0.3, 0.4) is 0 Å². The van der Waals surface area contributed by atoms with Crippen LogP contribution >= 0.6 is 23.2 Å². The van der Waals surface area contributed by atoms with E-state index in [1.54, 1.807) is 13.1 Å². The van der Waals surface area contributed by atoms with Gasteiger partial charge in [-0.15, -0.1) is 0 Å². The monoisotopic (exact) mass is 580 g/mol. The summed E-state index contributed by atoms with van der Waals surface area (Å²) < 4.78 is 13.6. The zero-order valence-corrected chi connectivity index (χ0v) is 23.9. The van der Waals surface area contributed by atoms with Crippen molar-refractivity contribution in [2.75, 3.05) is 18.0 Å². The van der Waals surface area contributed by atoms with Gasteiger partial charge >= 0.3 is 5.97 Å². The fraction of sp³-hybridized carbons (Fsp3) is 0.367. The number of anilines is 1. The average molecular weight is 582 g/mol. The molecule has 2 aromatic heterocycles. The summed E-state index contributed by atoms with van der Waals surface area (Å²) in [6.45, 7) is 4.24. The maximum atomic E-state index is 11.4. The van der Waals surface area contributed by atoms with Gasteiger partial charge in [0, 0.05) is 48.4 Å². The summed E-state index contributed by atoms with van der Waals surface area (Å²) in [4.78, 5) is 13.8. The summed E-state index contributed by atoms with van der Waals surface area (Å²) in [6, 6.07) is 13.2. The summed E-state index contributed by atoms with van der Waals surface area (Å²) >= 11 is 13.0. The Balaban J connectivity index is 1.12. The molecule has 0 spiro atoms. The van der Waals surface area contributed by atoms with Crippen LogP contribution in [0.25, 0.3) is 22.5 Å². The van der Waals surface area contributed by atoms with Crippen molar-refractivity contribution in [3.63, 3.8) is 0 Å². The van der Waals surface area contributed by atoms with Gasteiger partial charge in [-0.2, -0.15) is 5.10 Å². The summed E-state index contributed by atoms with van der Waals surface area (Å²) in [7, 11) is 1.64. The first kappa shape index (κ1) is 26.9. The van der Waals surface area contributed by atoms with E-state index in [1.165, 1.54) is 10.4 Å². The lowest BCUT2D eigenvalue weighted by atomic mass is 10.0. The van der Waals surface area contributed by atoms with Crippen molar-refractivity contribution in [1.82, 2.24) is 14.9 Å². The molecule has 0 atom stereocenters. The Bertz CT molecular complexity index is 1550. The summed E-state index contributed by atoms with van der Waals surface area (Å²) in [5.41, 5.74) is 6.33. The Morgan fingerprint density at radius 1 is 1.10 bits per heavy atom. The Hall–Kier alpha value is -3.33. The third-order valence-corrected chi connectivity index (χ3v) is 8.43. The van der Waals surface area contributed by atoms with Crippen molar-refractivity contribution in [2.24, 2.45) is 7.05 Å². The fourth-order valence-electron chi connectivity index (χ4n) is 5.49. The van der Waals surface area contributed by atoms with Crippen LogP contribution in [-0.4, -0.2) is 45.2 Å². The van der Waals surface area contributed by atoms with Crippen LogP contribution in [0.2, 0.25) is 10.0 Å². The maximum absolute atomic E-state index is 11.4. The Labute approximate surface area is 242 Å². The van der Waals surface area contributed by atoms with Gasteiger partial charge < -0.3 is 19.3 Å². The predicted octanol–water partition coefficient (Wildman–Crippen LogP) is 7.12. The number of benzene rings is 2. The molecule has 0 amide bonds. The molecular formula is C30H30Cl2N4O4. The van der Waals surface area contributed by atoms with Gasteiger partial charge in [-0.05, 0) is 68.5 Å². The lowest BCUT2D eigenvalue weighted by molar-refractivity contribution is 0.0246. The number of carboxylic acid groups (broad SMARTS) is 1. The van der Waals surface area contributed by atoms with E-state index >= 15 is 0 Å². The zero-order valence-electron chi connectivity index (χ0n) is 22.4. The van der Waals surface area contributed by atoms with E-state index in [1.807, 2.05) is 24.3 Å². The maximum Gasteiger partial charge on any atom is 0.354 e. The highest BCUT2D eigenvalue weighted by molar-refractivity contribution is 6.39. The number of carboxylic acids is 1. The number of halogens is 2. The number of nitrogens with zero attached hydrogens (tertiary/aromatic N) is 4. The zero-order chi connectivity index (χ0) is 28.0. The molecule has 0 unspecified atom stereocenters. The number of piperidine rings is 1. The minimum atomic E-state index is -0.989.